The zero-order valence-electron chi connectivity index (χ0n) is 10.2. The maximum absolute atomic E-state index is 6.44. The maximum Gasteiger partial charge on any atom is 0.0640 e. The van der Waals surface area contributed by atoms with Gasteiger partial charge in [0.1, 0.15) is 0 Å². The summed E-state index contributed by atoms with van der Waals surface area (Å²) < 4.78 is 0. The fourth-order valence-electron chi connectivity index (χ4n) is 1.88. The lowest BCUT2D eigenvalue weighted by molar-refractivity contribution is 0.868. The number of aryl methyl sites for hydroxylation is 2. The van der Waals surface area contributed by atoms with Crippen LogP contribution in [0.4, 0.5) is 0 Å². The molecule has 0 spiro atoms. The predicted octanol–water partition coefficient (Wildman–Crippen LogP) is 4.22. The van der Waals surface area contributed by atoms with E-state index in [4.69, 9.17) is 11.6 Å². The molecule has 17 heavy (non-hydrogen) atoms. The molecule has 2 aromatic rings. The van der Waals surface area contributed by atoms with Gasteiger partial charge >= 0.3 is 0 Å². The van der Waals surface area contributed by atoms with Crippen molar-refractivity contribution < 1.29 is 0 Å². The Morgan fingerprint density at radius 2 is 2.00 bits per heavy atom. The summed E-state index contributed by atoms with van der Waals surface area (Å²) in [6, 6.07) is 12.4. The van der Waals surface area contributed by atoms with Crippen LogP contribution >= 0.6 is 11.6 Å². The van der Waals surface area contributed by atoms with Gasteiger partial charge in [-0.1, -0.05) is 35.9 Å². The first-order valence-electron chi connectivity index (χ1n) is 5.78. The Morgan fingerprint density at radius 3 is 2.71 bits per heavy atom. The molecule has 0 aliphatic rings. The van der Waals surface area contributed by atoms with Crippen molar-refractivity contribution in [1.29, 1.82) is 0 Å². The van der Waals surface area contributed by atoms with Crippen molar-refractivity contribution >= 4 is 11.6 Å². The molecule has 1 heterocycles. The maximum atomic E-state index is 6.44. The van der Waals surface area contributed by atoms with Crippen LogP contribution in [0.2, 0.25) is 0 Å². The molecule has 0 fully saturated rings. The molecule has 1 unspecified atom stereocenters. The largest absolute Gasteiger partial charge is 0.261 e. The number of benzene rings is 1. The molecule has 0 radical (unpaired) electrons. The summed E-state index contributed by atoms with van der Waals surface area (Å²) in [5.74, 6) is 0. The van der Waals surface area contributed by atoms with Crippen LogP contribution in [-0.2, 0) is 6.42 Å². The van der Waals surface area contributed by atoms with Gasteiger partial charge in [-0.15, -0.1) is 11.6 Å². The predicted molar refractivity (Wildman–Crippen MR) is 72.5 cm³/mol. The van der Waals surface area contributed by atoms with Crippen molar-refractivity contribution in [2.24, 2.45) is 0 Å². The molecule has 0 N–H and O–H groups in total. The zero-order chi connectivity index (χ0) is 12.3. The number of nitrogens with zero attached hydrogens (tertiary/aromatic N) is 1. The summed E-state index contributed by atoms with van der Waals surface area (Å²) in [5, 5.41) is -0.0106. The molecule has 0 saturated carbocycles. The van der Waals surface area contributed by atoms with E-state index >= 15 is 0 Å². The first-order chi connectivity index (χ1) is 8.16. The van der Waals surface area contributed by atoms with Gasteiger partial charge < -0.3 is 0 Å². The second-order valence-corrected chi connectivity index (χ2v) is 4.88. The number of aromatic nitrogens is 1. The SMILES string of the molecule is Cc1cccc(C(Cl)Cc2ncccc2C)c1. The Balaban J connectivity index is 2.17. The van der Waals surface area contributed by atoms with Crippen molar-refractivity contribution in [2.45, 2.75) is 25.6 Å². The van der Waals surface area contributed by atoms with Gasteiger partial charge in [0.25, 0.3) is 0 Å². The van der Waals surface area contributed by atoms with Gasteiger partial charge in [-0.25, -0.2) is 0 Å². The lowest BCUT2D eigenvalue weighted by Crippen LogP contribution is -2.00. The zero-order valence-corrected chi connectivity index (χ0v) is 10.9. The van der Waals surface area contributed by atoms with Gasteiger partial charge in [0.2, 0.25) is 0 Å². The standard InChI is InChI=1S/C15H16ClN/c1-11-5-3-7-13(9-11)14(16)10-15-12(2)6-4-8-17-15/h3-9,14H,10H2,1-2H3. The summed E-state index contributed by atoms with van der Waals surface area (Å²) in [7, 11) is 0. The van der Waals surface area contributed by atoms with Gasteiger partial charge in [0, 0.05) is 18.3 Å². The first kappa shape index (κ1) is 12.1. The van der Waals surface area contributed by atoms with E-state index in [1.807, 2.05) is 18.3 Å². The van der Waals surface area contributed by atoms with Crippen LogP contribution in [0.5, 0.6) is 0 Å². The molecule has 1 atom stereocenters. The Morgan fingerprint density at radius 1 is 1.18 bits per heavy atom. The fraction of sp³-hybridized carbons (Fsp3) is 0.267. The monoisotopic (exact) mass is 245 g/mol. The van der Waals surface area contributed by atoms with E-state index < -0.39 is 0 Å². The summed E-state index contributed by atoms with van der Waals surface area (Å²) in [5.41, 5.74) is 4.68. The van der Waals surface area contributed by atoms with Crippen LogP contribution in [-0.4, -0.2) is 4.98 Å². The highest BCUT2D eigenvalue weighted by atomic mass is 35.5. The number of rotatable bonds is 3. The first-order valence-corrected chi connectivity index (χ1v) is 6.21. The third-order valence-electron chi connectivity index (χ3n) is 2.89. The molecular formula is C15H16ClN. The summed E-state index contributed by atoms with van der Waals surface area (Å²) in [6.07, 6.45) is 2.60. The van der Waals surface area contributed by atoms with Gasteiger partial charge in [-0.05, 0) is 31.0 Å². The van der Waals surface area contributed by atoms with Gasteiger partial charge in [-0.3, -0.25) is 4.98 Å². The van der Waals surface area contributed by atoms with Crippen LogP contribution in [0.15, 0.2) is 42.6 Å². The normalized spacial score (nSPS) is 12.4. The summed E-state index contributed by atoms with van der Waals surface area (Å²) in [4.78, 5) is 4.38. The second-order valence-electron chi connectivity index (χ2n) is 4.35. The summed E-state index contributed by atoms with van der Waals surface area (Å²) in [6.45, 7) is 4.15. The van der Waals surface area contributed by atoms with E-state index in [0.717, 1.165) is 17.7 Å². The summed E-state index contributed by atoms with van der Waals surface area (Å²) >= 11 is 6.44. The Hall–Kier alpha value is -1.34. The highest BCUT2D eigenvalue weighted by molar-refractivity contribution is 6.20. The van der Waals surface area contributed by atoms with Gasteiger partial charge in [0.15, 0.2) is 0 Å². The average molecular weight is 246 g/mol. The minimum absolute atomic E-state index is 0.0106. The molecule has 0 saturated heterocycles. The highest BCUT2D eigenvalue weighted by Gasteiger charge is 2.11. The van der Waals surface area contributed by atoms with Crippen LogP contribution in [0.3, 0.4) is 0 Å². The fourth-order valence-corrected chi connectivity index (χ4v) is 2.17. The number of alkyl halides is 1. The van der Waals surface area contributed by atoms with Crippen LogP contribution < -0.4 is 0 Å². The highest BCUT2D eigenvalue weighted by Crippen LogP contribution is 2.25. The Kier molecular flexibility index (Phi) is 3.80. The quantitative estimate of drug-likeness (QED) is 0.738. The minimum atomic E-state index is -0.0106. The van der Waals surface area contributed by atoms with E-state index in [1.165, 1.54) is 11.1 Å². The minimum Gasteiger partial charge on any atom is -0.261 e. The smallest absolute Gasteiger partial charge is 0.0640 e. The molecule has 0 aliphatic heterocycles. The molecule has 1 aromatic carbocycles. The van der Waals surface area contributed by atoms with E-state index in [0.29, 0.717) is 0 Å². The van der Waals surface area contributed by atoms with Crippen molar-refractivity contribution in [2.75, 3.05) is 0 Å². The van der Waals surface area contributed by atoms with Crippen molar-refractivity contribution in [1.82, 2.24) is 4.98 Å². The second kappa shape index (κ2) is 5.33. The van der Waals surface area contributed by atoms with E-state index in [9.17, 15) is 0 Å². The molecule has 2 heteroatoms. The third kappa shape index (κ3) is 3.07. The molecular weight excluding hydrogens is 230 g/mol. The van der Waals surface area contributed by atoms with E-state index in [2.05, 4.69) is 43.1 Å². The van der Waals surface area contributed by atoms with Gasteiger partial charge in [-0.2, -0.15) is 0 Å². The molecule has 0 aliphatic carbocycles. The third-order valence-corrected chi connectivity index (χ3v) is 3.30. The molecule has 1 aromatic heterocycles. The molecule has 88 valence electrons. The molecule has 0 bridgehead atoms. The Labute approximate surface area is 107 Å². The number of hydrogen-bond acceptors (Lipinski definition) is 1. The molecule has 0 amide bonds. The number of halogens is 1. The van der Waals surface area contributed by atoms with E-state index in [1.54, 1.807) is 0 Å². The van der Waals surface area contributed by atoms with Crippen molar-refractivity contribution in [3.05, 3.63) is 65.0 Å². The van der Waals surface area contributed by atoms with Crippen LogP contribution in [0.1, 0.15) is 27.8 Å². The van der Waals surface area contributed by atoms with Crippen molar-refractivity contribution in [3.8, 4) is 0 Å². The average Bonchev–Trinajstić information content (AvgIpc) is 2.32. The molecule has 1 nitrogen and oxygen atoms in total. The Bertz CT molecular complexity index is 508. The number of hydrogen-bond donors (Lipinski definition) is 0. The number of pyridine rings is 1. The van der Waals surface area contributed by atoms with Crippen molar-refractivity contribution in [3.63, 3.8) is 0 Å². The lowest BCUT2D eigenvalue weighted by Gasteiger charge is -2.11. The van der Waals surface area contributed by atoms with Crippen LogP contribution in [0.25, 0.3) is 0 Å². The topological polar surface area (TPSA) is 12.9 Å². The van der Waals surface area contributed by atoms with Gasteiger partial charge in [0.05, 0.1) is 5.38 Å². The lowest BCUT2D eigenvalue weighted by atomic mass is 10.0. The van der Waals surface area contributed by atoms with E-state index in [-0.39, 0.29) is 5.38 Å². The molecule has 2 rings (SSSR count). The van der Waals surface area contributed by atoms with Crippen LogP contribution in [0, 0.1) is 13.8 Å².